The Bertz CT molecular complexity index is 2220. The Kier molecular flexibility index (Phi) is 10.9. The first-order valence-electron chi connectivity index (χ1n) is 20.2. The van der Waals surface area contributed by atoms with Gasteiger partial charge in [-0.1, -0.05) is 24.3 Å². The molecule has 4 heterocycles. The minimum atomic E-state index is -2.88. The lowest BCUT2D eigenvalue weighted by molar-refractivity contribution is 0.0175. The van der Waals surface area contributed by atoms with Gasteiger partial charge in [0.25, 0.3) is 24.9 Å². The second kappa shape index (κ2) is 15.9. The van der Waals surface area contributed by atoms with Gasteiger partial charge in [-0.3, -0.25) is 9.97 Å². The molecule has 0 unspecified atom stereocenters. The number of rotatable bonds is 8. The van der Waals surface area contributed by atoms with E-state index in [0.717, 1.165) is 70.0 Å². The summed E-state index contributed by atoms with van der Waals surface area (Å²) in [6, 6.07) is 12.6. The molecule has 60 heavy (non-hydrogen) atoms. The van der Waals surface area contributed by atoms with Gasteiger partial charge in [0.2, 0.25) is 0 Å². The fourth-order valence-electron chi connectivity index (χ4n) is 10.0. The standard InChI is InChI=1S/2C22H21BrF3N3O/c2*23-14-8-13-3-1-2-12(19(13)28-10-14)6-11-4-5-17(24)15(7-11)22(20(25)26)16-9-18(16)30-21(27)29-22/h2*4-5,7-8,10,12,16,18,20H,1-3,6,9H2,(H2,27,29)/t12-,16+,18-,22-;12-,16-,18+,22+/m10/s1. The first kappa shape index (κ1) is 41.2. The summed E-state index contributed by atoms with van der Waals surface area (Å²) >= 11 is 6.93. The van der Waals surface area contributed by atoms with Crippen molar-refractivity contribution in [3.63, 3.8) is 0 Å². The van der Waals surface area contributed by atoms with Crippen LogP contribution in [0.5, 0.6) is 0 Å². The zero-order valence-electron chi connectivity index (χ0n) is 32.2. The number of halogens is 8. The van der Waals surface area contributed by atoms with Crippen molar-refractivity contribution in [1.29, 1.82) is 0 Å². The van der Waals surface area contributed by atoms with Crippen molar-refractivity contribution >= 4 is 43.9 Å². The average molecular weight is 961 g/mol. The van der Waals surface area contributed by atoms with Crippen molar-refractivity contribution in [2.24, 2.45) is 33.3 Å². The third-order valence-electron chi connectivity index (χ3n) is 13.0. The summed E-state index contributed by atoms with van der Waals surface area (Å²) in [6.45, 7) is 0. The maximum Gasteiger partial charge on any atom is 0.283 e. The number of pyridine rings is 2. The first-order valence-corrected chi connectivity index (χ1v) is 21.8. The maximum absolute atomic E-state index is 14.8. The Morgan fingerprint density at radius 3 is 1.47 bits per heavy atom. The predicted octanol–water partition coefficient (Wildman–Crippen LogP) is 9.68. The SMILES string of the molecule is NC1=N[C@@](c2cc(C[C@@H]3CCCc4cc(Br)cnc43)ccc2F)(C(F)F)[C@H]2C[C@H]2O1.NC1=N[C@@](c2cc(C[C@H]3CCCc4cc(Br)cnc43)ccc2F)(C(F)F)[C@H]2C[C@H]2O1. The number of nitrogens with zero attached hydrogens (tertiary/aromatic N) is 4. The van der Waals surface area contributed by atoms with Crippen LogP contribution in [-0.2, 0) is 46.2 Å². The Labute approximate surface area is 359 Å². The summed E-state index contributed by atoms with van der Waals surface area (Å²) < 4.78 is 99.4. The molecule has 2 aromatic carbocycles. The largest absolute Gasteiger partial charge is 0.462 e. The molecular weight excluding hydrogens is 918 g/mol. The molecule has 316 valence electrons. The van der Waals surface area contributed by atoms with Crippen molar-refractivity contribution in [3.05, 3.63) is 126 Å². The molecule has 8 atom stereocenters. The van der Waals surface area contributed by atoms with Gasteiger partial charge in [-0.25, -0.2) is 36.3 Å². The van der Waals surface area contributed by atoms with Crippen LogP contribution >= 0.6 is 31.9 Å². The lowest BCUT2D eigenvalue weighted by atomic mass is 9.80. The third kappa shape index (κ3) is 7.47. The van der Waals surface area contributed by atoms with E-state index in [2.05, 4.69) is 63.9 Å². The van der Waals surface area contributed by atoms with E-state index in [0.29, 0.717) is 25.7 Å². The highest BCUT2D eigenvalue weighted by molar-refractivity contribution is 9.10. The van der Waals surface area contributed by atoms with Crippen LogP contribution in [0.3, 0.4) is 0 Å². The summed E-state index contributed by atoms with van der Waals surface area (Å²) in [7, 11) is 0. The molecule has 10 rings (SSSR count). The lowest BCUT2D eigenvalue weighted by Gasteiger charge is -2.33. The van der Waals surface area contributed by atoms with Crippen LogP contribution in [0.1, 0.15) is 95.1 Å². The number of nitrogens with two attached hydrogens (primary N) is 2. The Morgan fingerprint density at radius 2 is 1.07 bits per heavy atom. The van der Waals surface area contributed by atoms with Gasteiger partial charge in [-0.15, -0.1) is 0 Å². The second-order valence-electron chi connectivity index (χ2n) is 16.8. The number of ether oxygens (including phenoxy) is 2. The molecule has 6 aliphatic rings. The molecule has 4 N–H and O–H groups in total. The van der Waals surface area contributed by atoms with E-state index in [1.165, 1.54) is 23.3 Å². The van der Waals surface area contributed by atoms with Crippen LogP contribution in [0.15, 0.2) is 79.9 Å². The van der Waals surface area contributed by atoms with E-state index in [4.69, 9.17) is 20.9 Å². The quantitative estimate of drug-likeness (QED) is 0.170. The number of hydrogen-bond donors (Lipinski definition) is 2. The molecule has 0 spiro atoms. The molecule has 0 bridgehead atoms. The van der Waals surface area contributed by atoms with E-state index in [1.54, 1.807) is 36.7 Å². The molecule has 0 radical (unpaired) electrons. The average Bonchev–Trinajstić information content (AvgIpc) is 4.15. The smallest absolute Gasteiger partial charge is 0.283 e. The molecular formula is C44H42Br2F6N6O2. The van der Waals surface area contributed by atoms with Crippen molar-refractivity contribution in [3.8, 4) is 0 Å². The van der Waals surface area contributed by atoms with Crippen LogP contribution in [0.4, 0.5) is 26.3 Å². The highest BCUT2D eigenvalue weighted by Crippen LogP contribution is 2.57. The monoisotopic (exact) mass is 958 g/mol. The topological polar surface area (TPSA) is 121 Å². The Hall–Kier alpha value is -4.18. The van der Waals surface area contributed by atoms with Crippen molar-refractivity contribution in [1.82, 2.24) is 9.97 Å². The van der Waals surface area contributed by atoms with Gasteiger partial charge < -0.3 is 20.9 Å². The minimum absolute atomic E-state index is 0.0893. The van der Waals surface area contributed by atoms with Gasteiger partial charge in [0.1, 0.15) is 23.8 Å². The number of aryl methyl sites for hydroxylation is 2. The first-order chi connectivity index (χ1) is 28.8. The molecule has 4 aliphatic carbocycles. The number of aliphatic imine (C=N–C) groups is 2. The van der Waals surface area contributed by atoms with Gasteiger partial charge in [0, 0.05) is 67.5 Å². The number of hydrogen-bond acceptors (Lipinski definition) is 8. The number of aromatic nitrogens is 2. The highest BCUT2D eigenvalue weighted by atomic mass is 79.9. The summed E-state index contributed by atoms with van der Waals surface area (Å²) in [5.74, 6) is -2.17. The second-order valence-corrected chi connectivity index (χ2v) is 18.6. The molecule has 2 aromatic heterocycles. The Morgan fingerprint density at radius 1 is 0.650 bits per heavy atom. The van der Waals surface area contributed by atoms with E-state index in [9.17, 15) is 26.3 Å². The zero-order chi connectivity index (χ0) is 42.1. The molecule has 2 fully saturated rings. The minimum Gasteiger partial charge on any atom is -0.462 e. The van der Waals surface area contributed by atoms with Crippen LogP contribution in [0, 0.1) is 23.5 Å². The van der Waals surface area contributed by atoms with E-state index < -0.39 is 59.6 Å². The van der Waals surface area contributed by atoms with E-state index >= 15 is 0 Å². The van der Waals surface area contributed by atoms with Crippen LogP contribution in [-0.4, -0.2) is 47.1 Å². The van der Waals surface area contributed by atoms with Crippen LogP contribution in [0.2, 0.25) is 0 Å². The molecule has 4 aromatic rings. The number of alkyl halides is 4. The maximum atomic E-state index is 14.8. The van der Waals surface area contributed by atoms with Crippen LogP contribution in [0.25, 0.3) is 0 Å². The van der Waals surface area contributed by atoms with Gasteiger partial charge in [-0.05, 0) is 143 Å². The molecule has 2 aliphatic heterocycles. The van der Waals surface area contributed by atoms with Crippen molar-refractivity contribution < 1.29 is 35.8 Å². The number of fused-ring (bicyclic) bond motifs is 4. The summed E-state index contributed by atoms with van der Waals surface area (Å²) in [6.07, 6.45) is 4.89. The van der Waals surface area contributed by atoms with Crippen molar-refractivity contribution in [2.45, 2.75) is 112 Å². The van der Waals surface area contributed by atoms with Gasteiger partial charge >= 0.3 is 0 Å². The normalized spacial score (nSPS) is 29.6. The molecule has 0 amide bonds. The van der Waals surface area contributed by atoms with Crippen LogP contribution < -0.4 is 11.5 Å². The van der Waals surface area contributed by atoms with Gasteiger partial charge in [0.05, 0.1) is 0 Å². The molecule has 16 heteroatoms. The third-order valence-corrected chi connectivity index (χ3v) is 13.9. The lowest BCUT2D eigenvalue weighted by Crippen LogP contribution is -2.43. The number of amidine groups is 2. The fraction of sp³-hybridized carbons (Fsp3) is 0.455. The van der Waals surface area contributed by atoms with E-state index in [1.807, 2.05) is 0 Å². The number of benzene rings is 2. The van der Waals surface area contributed by atoms with Gasteiger partial charge in [0.15, 0.2) is 11.1 Å². The summed E-state index contributed by atoms with van der Waals surface area (Å²) in [4.78, 5) is 17.1. The predicted molar refractivity (Wildman–Crippen MR) is 220 cm³/mol. The fourth-order valence-corrected chi connectivity index (χ4v) is 10.8. The van der Waals surface area contributed by atoms with Crippen molar-refractivity contribution in [2.75, 3.05) is 0 Å². The van der Waals surface area contributed by atoms with E-state index in [-0.39, 0.29) is 35.0 Å². The van der Waals surface area contributed by atoms with Gasteiger partial charge in [-0.2, -0.15) is 0 Å². The highest BCUT2D eigenvalue weighted by Gasteiger charge is 2.65. The Balaban J connectivity index is 0.000000154. The summed E-state index contributed by atoms with van der Waals surface area (Å²) in [5.41, 5.74) is 13.3. The zero-order valence-corrected chi connectivity index (χ0v) is 35.4. The molecule has 0 saturated heterocycles. The summed E-state index contributed by atoms with van der Waals surface area (Å²) in [5, 5.41) is 0. The molecule has 2 saturated carbocycles. The molecule has 8 nitrogen and oxygen atoms in total.